The lowest BCUT2D eigenvalue weighted by Gasteiger charge is -2.35. The van der Waals surface area contributed by atoms with Crippen molar-refractivity contribution in [2.45, 2.75) is 46.1 Å². The third-order valence-electron chi connectivity index (χ3n) is 3.28. The molecule has 1 aliphatic rings. The zero-order valence-corrected chi connectivity index (χ0v) is 9.60. The van der Waals surface area contributed by atoms with Gasteiger partial charge in [0.2, 0.25) is 0 Å². The second-order valence-corrected chi connectivity index (χ2v) is 4.82. The van der Waals surface area contributed by atoms with E-state index in [1.807, 2.05) is 0 Å². The van der Waals surface area contributed by atoms with Gasteiger partial charge in [-0.2, -0.15) is 5.26 Å². The van der Waals surface area contributed by atoms with E-state index in [4.69, 9.17) is 9.99 Å². The Balaban J connectivity index is 2.57. The largest absolute Gasteiger partial charge is 0.540 e. The Morgan fingerprint density at radius 2 is 2.07 bits per heavy atom. The predicted octanol–water partition coefficient (Wildman–Crippen LogP) is 3.07. The van der Waals surface area contributed by atoms with Crippen LogP contribution in [0.5, 0.6) is 0 Å². The molecule has 0 aromatic heterocycles. The van der Waals surface area contributed by atoms with Gasteiger partial charge in [0.1, 0.15) is 6.10 Å². The van der Waals surface area contributed by atoms with Crippen LogP contribution in [0.1, 0.15) is 40.0 Å². The molecule has 0 radical (unpaired) electrons. The molecule has 4 heteroatoms. The molecule has 88 valence electrons. The molecular formula is C11H20O4. The van der Waals surface area contributed by atoms with E-state index < -0.39 is 6.16 Å². The van der Waals surface area contributed by atoms with Crippen LogP contribution in [0.3, 0.4) is 0 Å². The molecule has 0 spiro atoms. The highest BCUT2D eigenvalue weighted by atomic mass is 17.1. The Bertz CT molecular complexity index is 215. The molecule has 0 amide bonds. The van der Waals surface area contributed by atoms with E-state index in [9.17, 15) is 4.79 Å². The van der Waals surface area contributed by atoms with Crippen LogP contribution in [-0.2, 0) is 9.62 Å². The molecule has 3 unspecified atom stereocenters. The zero-order chi connectivity index (χ0) is 11.4. The fourth-order valence-corrected chi connectivity index (χ4v) is 2.40. The lowest BCUT2D eigenvalue weighted by molar-refractivity contribution is -0.210. The summed E-state index contributed by atoms with van der Waals surface area (Å²) in [6.45, 7) is 6.40. The minimum atomic E-state index is -0.986. The van der Waals surface area contributed by atoms with Crippen LogP contribution < -0.4 is 0 Å². The standard InChI is InChI=1S/C11H20O4/c1-7(2)9-5-4-8(3)6-10(9)14-11(12)15-13/h7-10,13H,4-6H2,1-3H3. The van der Waals surface area contributed by atoms with Crippen LogP contribution in [-0.4, -0.2) is 17.5 Å². The molecule has 0 aliphatic heterocycles. The minimum Gasteiger partial charge on any atom is -0.429 e. The second kappa shape index (κ2) is 5.35. The maximum atomic E-state index is 10.9. The number of carbonyl (C=O) groups excluding carboxylic acids is 1. The van der Waals surface area contributed by atoms with Crippen LogP contribution in [0, 0.1) is 17.8 Å². The molecule has 1 rings (SSSR count). The molecule has 1 aliphatic carbocycles. The van der Waals surface area contributed by atoms with Crippen molar-refractivity contribution in [3.63, 3.8) is 0 Å². The lowest BCUT2D eigenvalue weighted by atomic mass is 9.75. The first kappa shape index (κ1) is 12.3. The third kappa shape index (κ3) is 3.38. The highest BCUT2D eigenvalue weighted by molar-refractivity contribution is 5.59. The molecule has 0 saturated heterocycles. The van der Waals surface area contributed by atoms with Crippen molar-refractivity contribution in [1.29, 1.82) is 0 Å². The Morgan fingerprint density at radius 3 is 2.60 bits per heavy atom. The van der Waals surface area contributed by atoms with E-state index in [0.29, 0.717) is 17.8 Å². The van der Waals surface area contributed by atoms with Crippen molar-refractivity contribution in [3.8, 4) is 0 Å². The first-order chi connectivity index (χ1) is 7.04. The molecule has 15 heavy (non-hydrogen) atoms. The molecule has 1 N–H and O–H groups in total. The predicted molar refractivity (Wildman–Crippen MR) is 55.3 cm³/mol. The summed E-state index contributed by atoms with van der Waals surface area (Å²) in [6, 6.07) is 0. The van der Waals surface area contributed by atoms with Gasteiger partial charge < -0.3 is 4.74 Å². The maximum absolute atomic E-state index is 10.9. The number of rotatable bonds is 2. The van der Waals surface area contributed by atoms with Crippen molar-refractivity contribution >= 4 is 6.16 Å². The van der Waals surface area contributed by atoms with Gasteiger partial charge in [0.05, 0.1) is 0 Å². The van der Waals surface area contributed by atoms with E-state index in [2.05, 4.69) is 25.7 Å². The van der Waals surface area contributed by atoms with Gasteiger partial charge in [0.25, 0.3) is 0 Å². The van der Waals surface area contributed by atoms with Crippen molar-refractivity contribution in [3.05, 3.63) is 0 Å². The first-order valence-electron chi connectivity index (χ1n) is 5.56. The van der Waals surface area contributed by atoms with Crippen LogP contribution >= 0.6 is 0 Å². The van der Waals surface area contributed by atoms with Gasteiger partial charge in [-0.1, -0.05) is 27.2 Å². The quantitative estimate of drug-likeness (QED) is 0.438. The first-order valence-corrected chi connectivity index (χ1v) is 5.56. The summed E-state index contributed by atoms with van der Waals surface area (Å²) < 4.78 is 5.07. The van der Waals surface area contributed by atoms with Crippen LogP contribution in [0.25, 0.3) is 0 Å². The summed E-state index contributed by atoms with van der Waals surface area (Å²) in [5.41, 5.74) is 0. The molecule has 0 aromatic rings. The molecule has 0 aromatic carbocycles. The van der Waals surface area contributed by atoms with Gasteiger partial charge in [-0.25, -0.2) is 4.79 Å². The van der Waals surface area contributed by atoms with Crippen LogP contribution in [0.4, 0.5) is 4.79 Å². The summed E-state index contributed by atoms with van der Waals surface area (Å²) in [6.07, 6.45) is 2.00. The summed E-state index contributed by atoms with van der Waals surface area (Å²) in [4.78, 5) is 14.4. The van der Waals surface area contributed by atoms with Gasteiger partial charge in [-0.15, -0.1) is 0 Å². The Hall–Kier alpha value is -0.770. The van der Waals surface area contributed by atoms with E-state index in [1.165, 1.54) is 6.42 Å². The van der Waals surface area contributed by atoms with Crippen molar-refractivity contribution in [1.82, 2.24) is 0 Å². The average molecular weight is 216 g/mol. The topological polar surface area (TPSA) is 55.8 Å². The molecule has 1 saturated carbocycles. The summed E-state index contributed by atoms with van der Waals surface area (Å²) in [5.74, 6) is 1.42. The van der Waals surface area contributed by atoms with Crippen LogP contribution in [0.2, 0.25) is 0 Å². The normalized spacial score (nSPS) is 31.4. The van der Waals surface area contributed by atoms with Gasteiger partial charge >= 0.3 is 6.16 Å². The van der Waals surface area contributed by atoms with Crippen molar-refractivity contribution < 1.29 is 19.7 Å². The lowest BCUT2D eigenvalue weighted by Crippen LogP contribution is -2.35. The molecule has 3 atom stereocenters. The number of carbonyl (C=O) groups is 1. The summed E-state index contributed by atoms with van der Waals surface area (Å²) in [5, 5.41) is 8.18. The summed E-state index contributed by atoms with van der Waals surface area (Å²) >= 11 is 0. The van der Waals surface area contributed by atoms with Gasteiger partial charge in [0.15, 0.2) is 0 Å². The number of ether oxygens (including phenoxy) is 1. The minimum absolute atomic E-state index is 0.117. The van der Waals surface area contributed by atoms with E-state index in [1.54, 1.807) is 0 Å². The zero-order valence-electron chi connectivity index (χ0n) is 9.60. The Kier molecular flexibility index (Phi) is 4.39. The molecule has 4 nitrogen and oxygen atoms in total. The third-order valence-corrected chi connectivity index (χ3v) is 3.28. The summed E-state index contributed by atoms with van der Waals surface area (Å²) in [7, 11) is 0. The second-order valence-electron chi connectivity index (χ2n) is 4.82. The number of hydrogen-bond donors (Lipinski definition) is 1. The smallest absolute Gasteiger partial charge is 0.429 e. The Morgan fingerprint density at radius 1 is 1.40 bits per heavy atom. The van der Waals surface area contributed by atoms with Gasteiger partial charge in [0, 0.05) is 0 Å². The van der Waals surface area contributed by atoms with E-state index in [0.717, 1.165) is 12.8 Å². The highest BCUT2D eigenvalue weighted by Crippen LogP contribution is 2.35. The monoisotopic (exact) mass is 216 g/mol. The molecular weight excluding hydrogens is 196 g/mol. The average Bonchev–Trinajstić information content (AvgIpc) is 2.17. The fraction of sp³-hybridized carbons (Fsp3) is 0.909. The highest BCUT2D eigenvalue weighted by Gasteiger charge is 2.33. The fourth-order valence-electron chi connectivity index (χ4n) is 2.40. The van der Waals surface area contributed by atoms with E-state index >= 15 is 0 Å². The maximum Gasteiger partial charge on any atom is 0.540 e. The van der Waals surface area contributed by atoms with Crippen molar-refractivity contribution in [2.24, 2.45) is 17.8 Å². The van der Waals surface area contributed by atoms with Crippen LogP contribution in [0.15, 0.2) is 0 Å². The van der Waals surface area contributed by atoms with Crippen molar-refractivity contribution in [2.75, 3.05) is 0 Å². The van der Waals surface area contributed by atoms with E-state index in [-0.39, 0.29) is 6.10 Å². The number of hydrogen-bond acceptors (Lipinski definition) is 4. The molecule has 0 bridgehead atoms. The Labute approximate surface area is 90.5 Å². The van der Waals surface area contributed by atoms with Gasteiger partial charge in [-0.05, 0) is 30.6 Å². The van der Waals surface area contributed by atoms with Gasteiger partial charge in [-0.3, -0.25) is 4.89 Å². The molecule has 0 heterocycles. The molecule has 1 fully saturated rings. The SMILES string of the molecule is CC1CCC(C(C)C)C(OC(=O)OO)C1.